The molecule has 0 saturated carbocycles. The molecule has 0 spiro atoms. The highest BCUT2D eigenvalue weighted by Crippen LogP contribution is 2.60. The molecule has 84 heavy (non-hydrogen) atoms. The Kier molecular flexibility index (Phi) is 11.1. The maximum atomic E-state index is 14.7. The summed E-state index contributed by atoms with van der Waals surface area (Å²) in [6, 6.07) is 24.3. The van der Waals surface area contributed by atoms with Crippen LogP contribution in [0.1, 0.15) is 86.8 Å². The molecular formula is C62H28F4N8O5S5. The lowest BCUT2D eigenvalue weighted by Crippen LogP contribution is -2.27. The molecule has 6 aromatic heterocycles. The minimum absolute atomic E-state index is 0.000711. The number of nitriles is 4. The van der Waals surface area contributed by atoms with E-state index in [9.17, 15) is 48.2 Å². The summed E-state index contributed by atoms with van der Waals surface area (Å²) in [5.74, 6) is -5.06. The van der Waals surface area contributed by atoms with Crippen LogP contribution in [0.25, 0.3) is 95.3 Å². The van der Waals surface area contributed by atoms with Crippen LogP contribution in [0.4, 0.5) is 17.6 Å². The average Bonchev–Trinajstić information content (AvgIpc) is 1.86. The number of thiophene rings is 4. The summed E-state index contributed by atoms with van der Waals surface area (Å²) in [6.07, 6.45) is 3.47. The molecular weight excluding hydrogens is 1170 g/mol. The van der Waals surface area contributed by atoms with Crippen LogP contribution in [-0.2, 0) is 15.9 Å². The van der Waals surface area contributed by atoms with E-state index in [2.05, 4.69) is 10.3 Å². The van der Waals surface area contributed by atoms with Crippen molar-refractivity contribution in [3.05, 3.63) is 167 Å². The Morgan fingerprint density at radius 1 is 0.619 bits per heavy atom. The number of Topliss-reactive ketones (excluding diaryl/α,β-unsaturated/α-hetero) is 2. The maximum absolute atomic E-state index is 14.7. The summed E-state index contributed by atoms with van der Waals surface area (Å²) in [5.41, 5.74) is 2.18. The zero-order valence-corrected chi connectivity index (χ0v) is 47.5. The number of thioether (sulfide) groups is 1. The van der Waals surface area contributed by atoms with Crippen LogP contribution < -0.4 is 4.74 Å². The van der Waals surface area contributed by atoms with Gasteiger partial charge in [0.05, 0.1) is 30.7 Å². The number of allylic oxidation sites excluding steroid dienone is 7. The molecule has 404 valence electrons. The zero-order chi connectivity index (χ0) is 58.2. The van der Waals surface area contributed by atoms with E-state index in [1.807, 2.05) is 88.4 Å². The number of carbonyl (C=O) groups is 2. The first-order valence-corrected chi connectivity index (χ1v) is 29.6. The summed E-state index contributed by atoms with van der Waals surface area (Å²) in [5, 5.41) is 49.5. The van der Waals surface area contributed by atoms with Gasteiger partial charge in [-0.2, -0.15) is 21.0 Å². The van der Waals surface area contributed by atoms with Crippen molar-refractivity contribution < 1.29 is 41.3 Å². The molecule has 0 fully saturated rings. The van der Waals surface area contributed by atoms with Crippen molar-refractivity contribution >= 4 is 133 Å². The fourth-order valence-electron chi connectivity index (χ4n) is 11.8. The molecule has 0 saturated heterocycles. The van der Waals surface area contributed by atoms with Gasteiger partial charge in [0.2, 0.25) is 0 Å². The molecule has 13 nitrogen and oxygen atoms in total. The molecule has 0 bridgehead atoms. The van der Waals surface area contributed by atoms with Gasteiger partial charge in [0.1, 0.15) is 90.5 Å². The monoisotopic (exact) mass is 1200 g/mol. The number of fused-ring (bicyclic) bond motifs is 12. The van der Waals surface area contributed by atoms with Crippen LogP contribution in [0.2, 0.25) is 0 Å². The number of hydrogen-bond donors (Lipinski definition) is 0. The largest absolute Gasteiger partial charge is 0.486 e. The second-order valence-electron chi connectivity index (χ2n) is 21.1. The van der Waals surface area contributed by atoms with E-state index in [1.54, 1.807) is 12.1 Å². The van der Waals surface area contributed by atoms with E-state index >= 15 is 0 Å². The quantitative estimate of drug-likeness (QED) is 0.0911. The zero-order valence-electron chi connectivity index (χ0n) is 43.5. The van der Waals surface area contributed by atoms with Crippen LogP contribution >= 0.6 is 57.1 Å². The molecule has 1 unspecified atom stereocenters. The number of halogens is 4. The molecule has 15 rings (SSSR count). The van der Waals surface area contributed by atoms with Crippen molar-refractivity contribution in [2.45, 2.75) is 50.6 Å². The second kappa shape index (κ2) is 18.1. The molecule has 10 aromatic rings. The van der Waals surface area contributed by atoms with Crippen LogP contribution in [0.15, 0.2) is 105 Å². The molecule has 0 radical (unpaired) electrons. The predicted molar refractivity (Wildman–Crippen MR) is 312 cm³/mol. The van der Waals surface area contributed by atoms with Crippen molar-refractivity contribution in [1.82, 2.24) is 20.3 Å². The van der Waals surface area contributed by atoms with Crippen molar-refractivity contribution in [2.75, 3.05) is 0 Å². The van der Waals surface area contributed by atoms with Crippen LogP contribution in [0, 0.1) is 68.6 Å². The summed E-state index contributed by atoms with van der Waals surface area (Å²) in [7, 11) is 0. The number of aromatic nitrogens is 4. The normalized spacial score (nSPS) is 17.9. The van der Waals surface area contributed by atoms with Gasteiger partial charge in [-0.3, -0.25) is 9.59 Å². The number of rotatable bonds is 4. The molecule has 3 aliphatic heterocycles. The first-order chi connectivity index (χ1) is 40.4. The van der Waals surface area contributed by atoms with Crippen LogP contribution in [0.3, 0.4) is 0 Å². The van der Waals surface area contributed by atoms with Gasteiger partial charge in [-0.25, -0.2) is 32.2 Å². The standard InChI is InChI=1S/C62H28F4N8O5S5/c1-61(2)34-17-43(82-56(34)58-40(77-61)11-25(80-58)9-32-45(23(19-67)20-68)28-13-36(63)38(65)15-30(28)54(32)75)47-50-51(72-60-49(71-50)27-7-5-6-8-42(27)84-60)48(53-52(47)73-79-74-53)44-18-35-57(83-44)59-41(78-62(35,3)4)12-26(81-59)10-33-46(24(21-69)22-70)29-14-37(64)39(66)16-31(29)55(33)76/h5-11,13-18,26H,12H2,1-4H3/b32-9-,33-10-. The van der Waals surface area contributed by atoms with Gasteiger partial charge in [-0.15, -0.1) is 57.1 Å². The third-order valence-electron chi connectivity index (χ3n) is 15.4. The summed E-state index contributed by atoms with van der Waals surface area (Å²) in [4.78, 5) is 44.7. The van der Waals surface area contributed by atoms with Gasteiger partial charge in [0.15, 0.2) is 34.8 Å². The first kappa shape index (κ1) is 51.5. The summed E-state index contributed by atoms with van der Waals surface area (Å²) >= 11 is 7.18. The molecule has 0 amide bonds. The molecule has 1 atom stereocenters. The van der Waals surface area contributed by atoms with Gasteiger partial charge < -0.3 is 9.47 Å². The second-order valence-corrected chi connectivity index (χ2v) is 26.6. The Morgan fingerprint density at radius 3 is 1.80 bits per heavy atom. The van der Waals surface area contributed by atoms with Gasteiger partial charge in [0, 0.05) is 80.9 Å². The molecule has 4 aromatic carbocycles. The fourth-order valence-corrected chi connectivity index (χ4v) is 18.1. The predicted octanol–water partition coefficient (Wildman–Crippen LogP) is 16.0. The highest BCUT2D eigenvalue weighted by molar-refractivity contribution is 8.09. The topological polar surface area (TPSA) is 212 Å². The lowest BCUT2D eigenvalue weighted by molar-refractivity contribution is 0.0262. The van der Waals surface area contributed by atoms with Crippen molar-refractivity contribution in [3.8, 4) is 60.7 Å². The molecule has 22 heteroatoms. The smallest absolute Gasteiger partial charge is 0.194 e. The Balaban J connectivity index is 0.872. The Labute approximate surface area is 491 Å². The van der Waals surface area contributed by atoms with Gasteiger partial charge in [0.25, 0.3) is 0 Å². The van der Waals surface area contributed by atoms with Gasteiger partial charge in [-0.05, 0) is 104 Å². The highest BCUT2D eigenvalue weighted by Gasteiger charge is 2.44. The minimum Gasteiger partial charge on any atom is -0.486 e. The summed E-state index contributed by atoms with van der Waals surface area (Å²) < 4.78 is 78.6. The van der Waals surface area contributed by atoms with E-state index in [0.717, 1.165) is 69.9 Å². The SMILES string of the molecule is CC1(C)OC2=C(SC(/C=C3\C(=O)c4cc(F)c(F)cc4C3=C(C#N)C#N)C2)c2sc(-c3c4nonc4c(-c4cc5c(s4)-c4sc(/C=C6\C(=O)c7cc(F)c(F)cc7C6=C(C#N)C#N)cc4OC5(C)C)c4nc5c(nc34)sc3ccccc35)cc21. The fraction of sp³-hybridized carbons (Fsp3) is 0.129. The number of benzene rings is 4. The Morgan fingerprint density at radius 2 is 1.17 bits per heavy atom. The molecule has 9 heterocycles. The van der Waals surface area contributed by atoms with Crippen LogP contribution in [-0.4, -0.2) is 37.1 Å². The number of nitrogens with zero attached hydrogens (tertiary/aromatic N) is 8. The van der Waals surface area contributed by atoms with E-state index in [0.29, 0.717) is 71.2 Å². The number of hydrogen-bond acceptors (Lipinski definition) is 18. The lowest BCUT2D eigenvalue weighted by Gasteiger charge is -2.32. The average molecular weight is 1200 g/mol. The van der Waals surface area contributed by atoms with E-state index in [-0.39, 0.29) is 44.5 Å². The molecule has 2 aliphatic carbocycles. The number of ether oxygens (including phenoxy) is 2. The Hall–Kier alpha value is -9.39. The van der Waals surface area contributed by atoms with Crippen LogP contribution in [0.5, 0.6) is 5.75 Å². The highest BCUT2D eigenvalue weighted by atomic mass is 32.2. The van der Waals surface area contributed by atoms with E-state index in [1.165, 1.54) is 63.2 Å². The van der Waals surface area contributed by atoms with Gasteiger partial charge in [-0.1, -0.05) is 24.3 Å². The molecule has 0 N–H and O–H groups in total. The third-order valence-corrected chi connectivity index (χ3v) is 21.5. The maximum Gasteiger partial charge on any atom is 0.194 e. The molecule has 5 aliphatic rings. The van der Waals surface area contributed by atoms with E-state index < -0.39 is 62.4 Å². The lowest BCUT2D eigenvalue weighted by atomic mass is 9.93. The number of ketones is 2. The van der Waals surface area contributed by atoms with E-state index in [4.69, 9.17) is 24.1 Å². The minimum atomic E-state index is -1.24. The summed E-state index contributed by atoms with van der Waals surface area (Å²) in [6.45, 7) is 7.78. The van der Waals surface area contributed by atoms with Crippen molar-refractivity contribution in [2.24, 2.45) is 0 Å². The van der Waals surface area contributed by atoms with Crippen molar-refractivity contribution in [1.29, 1.82) is 21.0 Å². The Bertz CT molecular complexity index is 5180. The van der Waals surface area contributed by atoms with Gasteiger partial charge >= 0.3 is 0 Å². The third kappa shape index (κ3) is 7.32. The van der Waals surface area contributed by atoms with Crippen molar-refractivity contribution in [3.63, 3.8) is 0 Å². The first-order valence-electron chi connectivity index (χ1n) is 25.5. The number of carbonyl (C=O) groups excluding carboxylic acids is 2.